The zero-order valence-corrected chi connectivity index (χ0v) is 20.0. The Balaban J connectivity index is 1.89. The van der Waals surface area contributed by atoms with E-state index in [1.807, 2.05) is 0 Å². The lowest BCUT2D eigenvalue weighted by atomic mass is 10.0. The highest BCUT2D eigenvalue weighted by Gasteiger charge is 2.35. The number of sulfonamides is 1. The summed E-state index contributed by atoms with van der Waals surface area (Å²) in [5, 5.41) is 8.68. The molecule has 0 atom stereocenters. The maximum atomic E-state index is 13.6. The first-order valence-corrected chi connectivity index (χ1v) is 12.1. The molecule has 0 bridgehead atoms. The summed E-state index contributed by atoms with van der Waals surface area (Å²) in [5.74, 6) is -1.20. The smallest absolute Gasteiger partial charge is 0.419 e. The minimum atomic E-state index is -4.62. The van der Waals surface area contributed by atoms with E-state index in [0.717, 1.165) is 6.07 Å². The molecule has 0 fully saturated rings. The third-order valence-corrected chi connectivity index (χ3v) is 6.58. The lowest BCUT2D eigenvalue weighted by Crippen LogP contribution is -2.26. The van der Waals surface area contributed by atoms with Gasteiger partial charge in [0.05, 0.1) is 29.2 Å². The van der Waals surface area contributed by atoms with Gasteiger partial charge in [-0.15, -0.1) is 0 Å². The molecule has 188 valence electrons. The van der Waals surface area contributed by atoms with Gasteiger partial charge in [-0.25, -0.2) is 13.1 Å². The molecule has 7 nitrogen and oxygen atoms in total. The van der Waals surface area contributed by atoms with Crippen molar-refractivity contribution in [2.24, 2.45) is 0 Å². The monoisotopic (exact) mass is 511 g/mol. The van der Waals surface area contributed by atoms with Crippen molar-refractivity contribution < 1.29 is 40.6 Å². The number of nitrogens with one attached hydrogen (secondary N) is 1. The second-order valence-corrected chi connectivity index (χ2v) is 9.83. The number of hydrogen-bond donors (Lipinski definition) is 2. The van der Waals surface area contributed by atoms with E-state index in [4.69, 9.17) is 14.3 Å². The molecule has 2 aromatic carbocycles. The number of halogens is 3. The zero-order valence-electron chi connectivity index (χ0n) is 19.1. The lowest BCUT2D eigenvalue weighted by Gasteiger charge is -2.17. The van der Waals surface area contributed by atoms with Crippen LogP contribution in [0.5, 0.6) is 5.75 Å². The molecule has 0 aliphatic rings. The third kappa shape index (κ3) is 6.43. The SMILES string of the molecule is Cc1cc(-c2coc(-c3ccc(OC(C)C)c(C(F)(F)F)c3)c2)ccc1S(=O)(=O)NCCC(=O)O. The molecule has 0 aliphatic heterocycles. The summed E-state index contributed by atoms with van der Waals surface area (Å²) in [4.78, 5) is 10.6. The number of benzene rings is 2. The quantitative estimate of drug-likeness (QED) is 0.394. The van der Waals surface area contributed by atoms with Crippen molar-refractivity contribution in [2.45, 2.75) is 44.4 Å². The fourth-order valence-electron chi connectivity index (χ4n) is 3.40. The summed E-state index contributed by atoms with van der Waals surface area (Å²) in [5.41, 5.74) is 0.836. The van der Waals surface area contributed by atoms with Gasteiger partial charge in [-0.05, 0) is 68.3 Å². The highest BCUT2D eigenvalue weighted by molar-refractivity contribution is 7.89. The molecule has 0 aliphatic carbocycles. The van der Waals surface area contributed by atoms with Gasteiger partial charge in [0.2, 0.25) is 10.0 Å². The fourth-order valence-corrected chi connectivity index (χ4v) is 4.66. The molecule has 0 saturated heterocycles. The molecule has 0 saturated carbocycles. The van der Waals surface area contributed by atoms with E-state index in [2.05, 4.69) is 4.72 Å². The molecule has 0 radical (unpaired) electrons. The number of furan rings is 1. The van der Waals surface area contributed by atoms with Gasteiger partial charge < -0.3 is 14.3 Å². The van der Waals surface area contributed by atoms with Crippen LogP contribution >= 0.6 is 0 Å². The van der Waals surface area contributed by atoms with Gasteiger partial charge in [-0.3, -0.25) is 4.79 Å². The van der Waals surface area contributed by atoms with E-state index in [9.17, 15) is 26.4 Å². The Hall–Kier alpha value is -3.31. The van der Waals surface area contributed by atoms with Crippen LogP contribution in [0.3, 0.4) is 0 Å². The summed E-state index contributed by atoms with van der Waals surface area (Å²) in [6, 6.07) is 9.76. The molecule has 0 spiro atoms. The number of hydrogen-bond acceptors (Lipinski definition) is 5. The Morgan fingerprint density at radius 2 is 1.77 bits per heavy atom. The molecule has 0 amide bonds. The van der Waals surface area contributed by atoms with E-state index in [1.54, 1.807) is 32.9 Å². The molecular weight excluding hydrogens is 487 g/mol. The largest absolute Gasteiger partial charge is 0.490 e. The molecular formula is C24H24F3NO6S. The Labute approximate surface area is 200 Å². The number of aryl methyl sites for hydroxylation is 1. The van der Waals surface area contributed by atoms with Gasteiger partial charge in [0, 0.05) is 17.7 Å². The second kappa shape index (κ2) is 10.1. The standard InChI is InChI=1S/C24H24F3NO6S/c1-14(2)34-20-6-4-17(11-19(20)24(25,26)27)21-12-18(13-33-21)16-5-7-22(15(3)10-16)35(31,32)28-9-8-23(29)30/h4-7,10-14,28H,8-9H2,1-3H3,(H,29,30). The van der Waals surface area contributed by atoms with Crippen LogP contribution in [-0.2, 0) is 21.0 Å². The molecule has 3 aromatic rings. The Kier molecular flexibility index (Phi) is 7.61. The summed E-state index contributed by atoms with van der Waals surface area (Å²) in [7, 11) is -3.91. The summed E-state index contributed by atoms with van der Waals surface area (Å²) < 4.78 is 78.6. The summed E-state index contributed by atoms with van der Waals surface area (Å²) in [6.07, 6.45) is -4.03. The normalized spacial score (nSPS) is 12.2. The number of carboxylic acid groups (broad SMARTS) is 1. The van der Waals surface area contributed by atoms with Gasteiger partial charge >= 0.3 is 12.1 Å². The first kappa shape index (κ1) is 26.3. The molecule has 35 heavy (non-hydrogen) atoms. The Morgan fingerprint density at radius 3 is 2.37 bits per heavy atom. The maximum absolute atomic E-state index is 13.6. The Bertz CT molecular complexity index is 1330. The van der Waals surface area contributed by atoms with Crippen LogP contribution in [-0.4, -0.2) is 32.1 Å². The average Bonchev–Trinajstić information content (AvgIpc) is 3.22. The van der Waals surface area contributed by atoms with Crippen molar-refractivity contribution in [1.82, 2.24) is 4.72 Å². The number of rotatable bonds is 9. The van der Waals surface area contributed by atoms with Crippen LogP contribution in [0.2, 0.25) is 0 Å². The average molecular weight is 512 g/mol. The third-order valence-electron chi connectivity index (χ3n) is 4.96. The van der Waals surface area contributed by atoms with Crippen LogP contribution in [0.4, 0.5) is 13.2 Å². The predicted molar refractivity (Wildman–Crippen MR) is 123 cm³/mol. The predicted octanol–water partition coefficient (Wildman–Crippen LogP) is 5.48. The minimum absolute atomic E-state index is 0.00841. The van der Waals surface area contributed by atoms with Crippen LogP contribution in [0.1, 0.15) is 31.4 Å². The number of aliphatic carboxylic acids is 1. The Morgan fingerprint density at radius 1 is 1.09 bits per heavy atom. The summed E-state index contributed by atoms with van der Waals surface area (Å²) in [6.45, 7) is 4.61. The van der Waals surface area contributed by atoms with Gasteiger partial charge in [0.1, 0.15) is 11.5 Å². The van der Waals surface area contributed by atoms with E-state index in [0.29, 0.717) is 16.7 Å². The number of carbonyl (C=O) groups is 1. The number of carboxylic acids is 1. The van der Waals surface area contributed by atoms with Gasteiger partial charge in [-0.1, -0.05) is 6.07 Å². The van der Waals surface area contributed by atoms with Crippen molar-refractivity contribution in [3.05, 3.63) is 59.9 Å². The molecule has 1 aromatic heterocycles. The van der Waals surface area contributed by atoms with E-state index in [1.165, 1.54) is 30.5 Å². The minimum Gasteiger partial charge on any atom is -0.490 e. The summed E-state index contributed by atoms with van der Waals surface area (Å²) >= 11 is 0. The molecule has 1 heterocycles. The molecule has 2 N–H and O–H groups in total. The van der Waals surface area contributed by atoms with Gasteiger partial charge in [0.25, 0.3) is 0 Å². The van der Waals surface area contributed by atoms with Crippen molar-refractivity contribution in [1.29, 1.82) is 0 Å². The molecule has 3 rings (SSSR count). The number of alkyl halides is 3. The fraction of sp³-hybridized carbons (Fsp3) is 0.292. The lowest BCUT2D eigenvalue weighted by molar-refractivity contribution is -0.139. The van der Waals surface area contributed by atoms with E-state index < -0.39 is 33.8 Å². The van der Waals surface area contributed by atoms with Gasteiger partial charge in [0.15, 0.2) is 0 Å². The van der Waals surface area contributed by atoms with Crippen molar-refractivity contribution in [3.8, 4) is 28.2 Å². The highest BCUT2D eigenvalue weighted by atomic mass is 32.2. The highest BCUT2D eigenvalue weighted by Crippen LogP contribution is 2.40. The molecule has 11 heteroatoms. The van der Waals surface area contributed by atoms with Crippen LogP contribution in [0.25, 0.3) is 22.5 Å². The van der Waals surface area contributed by atoms with Crippen molar-refractivity contribution in [3.63, 3.8) is 0 Å². The van der Waals surface area contributed by atoms with Crippen LogP contribution < -0.4 is 9.46 Å². The zero-order chi connectivity index (χ0) is 26.0. The first-order valence-electron chi connectivity index (χ1n) is 10.6. The molecule has 0 unspecified atom stereocenters. The topological polar surface area (TPSA) is 106 Å². The van der Waals surface area contributed by atoms with Crippen molar-refractivity contribution in [2.75, 3.05) is 6.54 Å². The van der Waals surface area contributed by atoms with Crippen molar-refractivity contribution >= 4 is 16.0 Å². The van der Waals surface area contributed by atoms with E-state index in [-0.39, 0.29) is 34.9 Å². The first-order chi connectivity index (χ1) is 16.3. The second-order valence-electron chi connectivity index (χ2n) is 8.10. The van der Waals surface area contributed by atoms with E-state index >= 15 is 0 Å². The maximum Gasteiger partial charge on any atom is 0.419 e. The van der Waals surface area contributed by atoms with Crippen LogP contribution in [0, 0.1) is 6.92 Å². The van der Waals surface area contributed by atoms with Gasteiger partial charge in [-0.2, -0.15) is 13.2 Å². The van der Waals surface area contributed by atoms with Crippen LogP contribution in [0.15, 0.2) is 58.0 Å². The number of ether oxygens (including phenoxy) is 1.